The number of aryl methyl sites for hydroxylation is 2. The van der Waals surface area contributed by atoms with E-state index in [-0.39, 0.29) is 21.9 Å². The number of anilines is 1. The molecule has 4 amide bonds. The lowest BCUT2D eigenvalue weighted by atomic mass is 10.1. The van der Waals surface area contributed by atoms with Gasteiger partial charge >= 0.3 is 16.1 Å². The van der Waals surface area contributed by atoms with Crippen LogP contribution in [-0.2, 0) is 19.7 Å². The molecule has 3 aromatic carbocycles. The highest BCUT2D eigenvalue weighted by Gasteiger charge is 2.37. The molecule has 0 aromatic heterocycles. The van der Waals surface area contributed by atoms with Crippen LogP contribution in [0.3, 0.4) is 0 Å². The van der Waals surface area contributed by atoms with Crippen molar-refractivity contribution in [1.29, 1.82) is 0 Å². The predicted molar refractivity (Wildman–Crippen MR) is 131 cm³/mol. The van der Waals surface area contributed by atoms with Gasteiger partial charge in [-0.2, -0.15) is 8.42 Å². The number of barbiturate groups is 1. The van der Waals surface area contributed by atoms with Gasteiger partial charge in [0.15, 0.2) is 0 Å². The Hall–Kier alpha value is -3.95. The Kier molecular flexibility index (Phi) is 6.47. The first-order valence-electron chi connectivity index (χ1n) is 10.3. The Morgan fingerprint density at radius 2 is 1.57 bits per heavy atom. The molecule has 0 aliphatic carbocycles. The molecule has 1 fully saturated rings. The summed E-state index contributed by atoms with van der Waals surface area (Å²) in [4.78, 5) is 38.6. The molecule has 0 spiro atoms. The zero-order valence-electron chi connectivity index (χ0n) is 18.6. The second kappa shape index (κ2) is 9.36. The van der Waals surface area contributed by atoms with Crippen molar-refractivity contribution in [2.75, 3.05) is 4.90 Å². The van der Waals surface area contributed by atoms with Crippen LogP contribution in [0.15, 0.2) is 77.2 Å². The Morgan fingerprint density at radius 1 is 0.914 bits per heavy atom. The Morgan fingerprint density at radius 3 is 2.20 bits per heavy atom. The molecule has 1 saturated heterocycles. The third-order valence-electron chi connectivity index (χ3n) is 5.22. The van der Waals surface area contributed by atoms with Crippen molar-refractivity contribution in [2.24, 2.45) is 0 Å². The first kappa shape index (κ1) is 24.2. The maximum absolute atomic E-state index is 13.0. The summed E-state index contributed by atoms with van der Waals surface area (Å²) in [5.41, 5.74) is 2.03. The van der Waals surface area contributed by atoms with E-state index in [1.54, 1.807) is 31.2 Å². The Labute approximate surface area is 206 Å². The van der Waals surface area contributed by atoms with Gasteiger partial charge < -0.3 is 4.18 Å². The summed E-state index contributed by atoms with van der Waals surface area (Å²) >= 11 is 6.12. The number of imide groups is 2. The number of hydrogen-bond acceptors (Lipinski definition) is 6. The molecule has 1 heterocycles. The molecule has 4 rings (SSSR count). The van der Waals surface area contributed by atoms with Gasteiger partial charge in [0, 0.05) is 5.02 Å². The lowest BCUT2D eigenvalue weighted by molar-refractivity contribution is -0.122. The zero-order valence-corrected chi connectivity index (χ0v) is 20.2. The fraction of sp³-hybridized carbons (Fsp3) is 0.0800. The van der Waals surface area contributed by atoms with Gasteiger partial charge in [0.1, 0.15) is 16.2 Å². The minimum atomic E-state index is -4.03. The van der Waals surface area contributed by atoms with E-state index in [1.807, 2.05) is 6.92 Å². The van der Waals surface area contributed by atoms with E-state index in [9.17, 15) is 22.8 Å². The maximum atomic E-state index is 13.0. The summed E-state index contributed by atoms with van der Waals surface area (Å²) in [6, 6.07) is 15.8. The van der Waals surface area contributed by atoms with E-state index >= 15 is 0 Å². The first-order chi connectivity index (χ1) is 16.5. The molecule has 1 aliphatic rings. The number of carbonyl (C=O) groups is 3. The molecule has 8 nitrogen and oxygen atoms in total. The summed E-state index contributed by atoms with van der Waals surface area (Å²) in [7, 11) is -4.03. The molecule has 0 unspecified atom stereocenters. The van der Waals surface area contributed by atoms with Gasteiger partial charge in [-0.05, 0) is 67.4 Å². The van der Waals surface area contributed by atoms with E-state index in [1.165, 1.54) is 48.5 Å². The second-order valence-corrected chi connectivity index (χ2v) is 9.76. The van der Waals surface area contributed by atoms with Gasteiger partial charge in [0.05, 0.1) is 5.69 Å². The second-order valence-electron chi connectivity index (χ2n) is 7.81. The van der Waals surface area contributed by atoms with Crippen molar-refractivity contribution in [2.45, 2.75) is 18.7 Å². The van der Waals surface area contributed by atoms with Crippen LogP contribution in [0, 0.1) is 13.8 Å². The van der Waals surface area contributed by atoms with Crippen molar-refractivity contribution in [3.8, 4) is 5.75 Å². The van der Waals surface area contributed by atoms with E-state index in [4.69, 9.17) is 15.8 Å². The molecule has 1 aliphatic heterocycles. The van der Waals surface area contributed by atoms with E-state index in [2.05, 4.69) is 5.32 Å². The highest BCUT2D eigenvalue weighted by atomic mass is 35.5. The lowest BCUT2D eigenvalue weighted by Gasteiger charge is -2.26. The van der Waals surface area contributed by atoms with E-state index in [0.29, 0.717) is 10.6 Å². The number of carbonyl (C=O) groups excluding carboxylic acids is 3. The van der Waals surface area contributed by atoms with Gasteiger partial charge in [-0.25, -0.2) is 9.69 Å². The van der Waals surface area contributed by atoms with Crippen molar-refractivity contribution in [1.82, 2.24) is 5.32 Å². The number of amides is 4. The number of nitrogens with zero attached hydrogens (tertiary/aromatic N) is 1. The first-order valence-corrected chi connectivity index (χ1v) is 12.1. The van der Waals surface area contributed by atoms with Crippen LogP contribution in [0.25, 0.3) is 6.08 Å². The number of rotatable bonds is 5. The van der Waals surface area contributed by atoms with Gasteiger partial charge in [0.2, 0.25) is 0 Å². The number of nitrogens with one attached hydrogen (secondary N) is 1. The largest absolute Gasteiger partial charge is 0.379 e. The van der Waals surface area contributed by atoms with E-state index in [0.717, 1.165) is 16.0 Å². The predicted octanol–water partition coefficient (Wildman–Crippen LogP) is 4.39. The minimum absolute atomic E-state index is 0.0136. The number of hydrogen-bond donors (Lipinski definition) is 1. The number of benzene rings is 3. The Bertz CT molecular complexity index is 1480. The van der Waals surface area contributed by atoms with Gasteiger partial charge in [-0.15, -0.1) is 0 Å². The van der Waals surface area contributed by atoms with Crippen LogP contribution in [0.4, 0.5) is 10.5 Å². The molecule has 1 N–H and O–H groups in total. The highest BCUT2D eigenvalue weighted by molar-refractivity contribution is 7.87. The van der Waals surface area contributed by atoms with Crippen LogP contribution in [0.5, 0.6) is 5.75 Å². The molecule has 0 radical (unpaired) electrons. The average molecular weight is 511 g/mol. The van der Waals surface area contributed by atoms with Crippen LogP contribution in [-0.4, -0.2) is 26.3 Å². The van der Waals surface area contributed by atoms with Crippen molar-refractivity contribution < 1.29 is 27.0 Å². The molecule has 178 valence electrons. The summed E-state index contributed by atoms with van der Waals surface area (Å²) in [5.74, 6) is -1.61. The van der Waals surface area contributed by atoms with Gasteiger partial charge in [-0.1, -0.05) is 47.5 Å². The fourth-order valence-corrected chi connectivity index (χ4v) is 4.38. The lowest BCUT2D eigenvalue weighted by Crippen LogP contribution is -2.54. The van der Waals surface area contributed by atoms with Gasteiger partial charge in [-0.3, -0.25) is 14.9 Å². The minimum Gasteiger partial charge on any atom is -0.379 e. The van der Waals surface area contributed by atoms with Crippen LogP contribution in [0.1, 0.15) is 16.7 Å². The third-order valence-corrected chi connectivity index (χ3v) is 6.89. The summed E-state index contributed by atoms with van der Waals surface area (Å²) in [6.45, 7) is 3.62. The number of urea groups is 1. The molecular formula is C25H19ClN2O6S. The fourth-order valence-electron chi connectivity index (χ4n) is 3.28. The van der Waals surface area contributed by atoms with Crippen molar-refractivity contribution in [3.63, 3.8) is 0 Å². The van der Waals surface area contributed by atoms with Crippen LogP contribution < -0.4 is 14.4 Å². The molecule has 10 heteroatoms. The molecule has 3 aromatic rings. The quantitative estimate of drug-likeness (QED) is 0.309. The monoisotopic (exact) mass is 510 g/mol. The van der Waals surface area contributed by atoms with Crippen molar-refractivity contribution >= 4 is 51.3 Å². The van der Waals surface area contributed by atoms with Crippen LogP contribution in [0.2, 0.25) is 5.02 Å². The topological polar surface area (TPSA) is 110 Å². The number of halogens is 1. The summed E-state index contributed by atoms with van der Waals surface area (Å²) in [6.07, 6.45) is 1.30. The van der Waals surface area contributed by atoms with Gasteiger partial charge in [0.25, 0.3) is 11.8 Å². The average Bonchev–Trinajstić information content (AvgIpc) is 2.80. The zero-order chi connectivity index (χ0) is 25.3. The van der Waals surface area contributed by atoms with Crippen molar-refractivity contribution in [3.05, 3.63) is 94.0 Å². The molecular weight excluding hydrogens is 492 g/mol. The third kappa shape index (κ3) is 5.11. The van der Waals surface area contributed by atoms with E-state index < -0.39 is 28.0 Å². The smallest absolute Gasteiger partial charge is 0.339 e. The van der Waals surface area contributed by atoms with Crippen LogP contribution >= 0.6 is 11.6 Å². The molecule has 35 heavy (non-hydrogen) atoms. The highest BCUT2D eigenvalue weighted by Crippen LogP contribution is 2.27. The maximum Gasteiger partial charge on any atom is 0.339 e. The summed E-state index contributed by atoms with van der Waals surface area (Å²) in [5, 5.41) is 2.50. The molecule has 0 atom stereocenters. The standard InChI is InChI=1S/C25H19ClN2O6S/c1-15-3-11-20(12-4-15)35(32,33)34-19-9-6-17(7-10-19)13-21-23(29)27-25(31)28(24(21)30)18-8-5-16(2)22(26)14-18/h3-14H,1-2H3,(H,27,29,31)/b21-13+. The summed E-state index contributed by atoms with van der Waals surface area (Å²) < 4.78 is 30.1. The molecule has 0 bridgehead atoms. The Balaban J connectivity index is 1.58. The SMILES string of the molecule is Cc1ccc(S(=O)(=O)Oc2ccc(/C=C3\C(=O)NC(=O)N(c4ccc(C)c(Cl)c4)C3=O)cc2)cc1. The molecule has 0 saturated carbocycles. The normalized spacial score (nSPS) is 15.3.